The van der Waals surface area contributed by atoms with Crippen LogP contribution in [0.15, 0.2) is 24.3 Å². The molecule has 16 heavy (non-hydrogen) atoms. The SMILES string of the molecule is Cc1ccc(CN(C(=O)CN)C2CC2)cc1. The summed E-state index contributed by atoms with van der Waals surface area (Å²) < 4.78 is 0. The zero-order valence-corrected chi connectivity index (χ0v) is 9.65. The highest BCUT2D eigenvalue weighted by Crippen LogP contribution is 2.28. The van der Waals surface area contributed by atoms with Crippen molar-refractivity contribution in [3.63, 3.8) is 0 Å². The maximum Gasteiger partial charge on any atom is 0.236 e. The number of carbonyl (C=O) groups excluding carboxylic acids is 1. The van der Waals surface area contributed by atoms with E-state index >= 15 is 0 Å². The first-order chi connectivity index (χ1) is 7.70. The Hall–Kier alpha value is -1.35. The standard InChI is InChI=1S/C13H18N2O/c1-10-2-4-11(5-3-10)9-15(12-6-7-12)13(16)8-14/h2-5,12H,6-9,14H2,1H3. The number of benzene rings is 1. The molecular formula is C13H18N2O. The Balaban J connectivity index is 2.05. The third kappa shape index (κ3) is 2.61. The molecule has 1 aliphatic carbocycles. The first-order valence-electron chi connectivity index (χ1n) is 5.76. The zero-order chi connectivity index (χ0) is 11.5. The van der Waals surface area contributed by atoms with E-state index in [9.17, 15) is 4.79 Å². The third-order valence-corrected chi connectivity index (χ3v) is 2.96. The van der Waals surface area contributed by atoms with E-state index in [2.05, 4.69) is 31.2 Å². The predicted molar refractivity (Wildman–Crippen MR) is 63.8 cm³/mol. The number of hydrogen-bond donors (Lipinski definition) is 1. The maximum atomic E-state index is 11.7. The second-order valence-corrected chi connectivity index (χ2v) is 4.44. The van der Waals surface area contributed by atoms with Crippen LogP contribution in [-0.4, -0.2) is 23.4 Å². The lowest BCUT2D eigenvalue weighted by molar-refractivity contribution is -0.130. The molecule has 0 spiro atoms. The van der Waals surface area contributed by atoms with Crippen molar-refractivity contribution in [1.82, 2.24) is 4.90 Å². The number of amides is 1. The van der Waals surface area contributed by atoms with Crippen molar-refractivity contribution in [3.05, 3.63) is 35.4 Å². The summed E-state index contributed by atoms with van der Waals surface area (Å²) in [6, 6.07) is 8.74. The van der Waals surface area contributed by atoms with Gasteiger partial charge in [-0.05, 0) is 25.3 Å². The number of nitrogens with zero attached hydrogens (tertiary/aromatic N) is 1. The van der Waals surface area contributed by atoms with Gasteiger partial charge in [0.1, 0.15) is 0 Å². The molecule has 0 radical (unpaired) electrons. The molecule has 3 nitrogen and oxygen atoms in total. The van der Waals surface area contributed by atoms with Gasteiger partial charge in [0, 0.05) is 12.6 Å². The Morgan fingerprint density at radius 3 is 2.50 bits per heavy atom. The van der Waals surface area contributed by atoms with E-state index in [1.807, 2.05) is 4.90 Å². The lowest BCUT2D eigenvalue weighted by atomic mass is 10.1. The van der Waals surface area contributed by atoms with Gasteiger partial charge in [-0.2, -0.15) is 0 Å². The lowest BCUT2D eigenvalue weighted by Gasteiger charge is -2.21. The van der Waals surface area contributed by atoms with E-state index in [1.165, 1.54) is 11.1 Å². The topological polar surface area (TPSA) is 46.3 Å². The highest BCUT2D eigenvalue weighted by atomic mass is 16.2. The van der Waals surface area contributed by atoms with Crippen LogP contribution in [0.1, 0.15) is 24.0 Å². The zero-order valence-electron chi connectivity index (χ0n) is 9.65. The molecule has 0 aromatic heterocycles. The van der Waals surface area contributed by atoms with E-state index in [4.69, 9.17) is 5.73 Å². The van der Waals surface area contributed by atoms with Crippen LogP contribution in [-0.2, 0) is 11.3 Å². The van der Waals surface area contributed by atoms with Gasteiger partial charge < -0.3 is 10.6 Å². The van der Waals surface area contributed by atoms with Crippen LogP contribution in [0.2, 0.25) is 0 Å². The van der Waals surface area contributed by atoms with Crippen molar-refractivity contribution < 1.29 is 4.79 Å². The Morgan fingerprint density at radius 2 is 2.00 bits per heavy atom. The quantitative estimate of drug-likeness (QED) is 0.831. The van der Waals surface area contributed by atoms with Crippen LogP contribution in [0.5, 0.6) is 0 Å². The molecule has 1 fully saturated rings. The summed E-state index contributed by atoms with van der Waals surface area (Å²) in [5.74, 6) is 0.0584. The van der Waals surface area contributed by atoms with Gasteiger partial charge in [-0.25, -0.2) is 0 Å². The van der Waals surface area contributed by atoms with Gasteiger partial charge in [-0.1, -0.05) is 29.8 Å². The molecule has 0 aliphatic heterocycles. The fraction of sp³-hybridized carbons (Fsp3) is 0.462. The van der Waals surface area contributed by atoms with Crippen LogP contribution in [0.25, 0.3) is 0 Å². The smallest absolute Gasteiger partial charge is 0.236 e. The molecule has 1 saturated carbocycles. The highest BCUT2D eigenvalue weighted by Gasteiger charge is 2.31. The van der Waals surface area contributed by atoms with Gasteiger partial charge in [-0.15, -0.1) is 0 Å². The molecule has 1 aromatic carbocycles. The van der Waals surface area contributed by atoms with Crippen LogP contribution < -0.4 is 5.73 Å². The summed E-state index contributed by atoms with van der Waals surface area (Å²) >= 11 is 0. The summed E-state index contributed by atoms with van der Waals surface area (Å²) in [6.07, 6.45) is 2.25. The third-order valence-electron chi connectivity index (χ3n) is 2.96. The van der Waals surface area contributed by atoms with Crippen LogP contribution in [0.3, 0.4) is 0 Å². The summed E-state index contributed by atoms with van der Waals surface area (Å²) in [4.78, 5) is 13.6. The van der Waals surface area contributed by atoms with E-state index in [0.29, 0.717) is 12.6 Å². The molecular weight excluding hydrogens is 200 g/mol. The van der Waals surface area contributed by atoms with Gasteiger partial charge in [0.25, 0.3) is 0 Å². The molecule has 86 valence electrons. The van der Waals surface area contributed by atoms with Crippen molar-refractivity contribution in [2.75, 3.05) is 6.54 Å². The van der Waals surface area contributed by atoms with Crippen LogP contribution >= 0.6 is 0 Å². The summed E-state index contributed by atoms with van der Waals surface area (Å²) in [5, 5.41) is 0. The lowest BCUT2D eigenvalue weighted by Crippen LogP contribution is -2.37. The minimum Gasteiger partial charge on any atom is -0.334 e. The van der Waals surface area contributed by atoms with Crippen molar-refractivity contribution in [3.8, 4) is 0 Å². The van der Waals surface area contributed by atoms with Gasteiger partial charge in [0.2, 0.25) is 5.91 Å². The Kier molecular flexibility index (Phi) is 3.25. The van der Waals surface area contributed by atoms with Crippen molar-refractivity contribution in [2.24, 2.45) is 5.73 Å². The van der Waals surface area contributed by atoms with Crippen LogP contribution in [0, 0.1) is 6.92 Å². The van der Waals surface area contributed by atoms with Crippen molar-refractivity contribution in [2.45, 2.75) is 32.4 Å². The second-order valence-electron chi connectivity index (χ2n) is 4.44. The Morgan fingerprint density at radius 1 is 1.38 bits per heavy atom. The molecule has 0 saturated heterocycles. The average Bonchev–Trinajstić information content (AvgIpc) is 3.11. The predicted octanol–water partition coefficient (Wildman–Crippen LogP) is 1.44. The van der Waals surface area contributed by atoms with Crippen molar-refractivity contribution in [1.29, 1.82) is 0 Å². The molecule has 1 amide bonds. The van der Waals surface area contributed by atoms with Crippen molar-refractivity contribution >= 4 is 5.91 Å². The molecule has 2 N–H and O–H groups in total. The fourth-order valence-corrected chi connectivity index (χ4v) is 1.81. The van der Waals surface area contributed by atoms with Crippen LogP contribution in [0.4, 0.5) is 0 Å². The van der Waals surface area contributed by atoms with Gasteiger partial charge in [0.05, 0.1) is 6.54 Å². The van der Waals surface area contributed by atoms with Gasteiger partial charge >= 0.3 is 0 Å². The minimum atomic E-state index is 0.0584. The summed E-state index contributed by atoms with van der Waals surface area (Å²) in [5.41, 5.74) is 7.85. The number of rotatable bonds is 4. The first kappa shape index (κ1) is 11.1. The maximum absolute atomic E-state index is 11.7. The Bertz CT molecular complexity index is 368. The van der Waals surface area contributed by atoms with E-state index in [-0.39, 0.29) is 12.5 Å². The van der Waals surface area contributed by atoms with E-state index in [0.717, 1.165) is 12.8 Å². The molecule has 0 atom stereocenters. The largest absolute Gasteiger partial charge is 0.334 e. The second kappa shape index (κ2) is 4.66. The van der Waals surface area contributed by atoms with Gasteiger partial charge in [0.15, 0.2) is 0 Å². The fourth-order valence-electron chi connectivity index (χ4n) is 1.81. The highest BCUT2D eigenvalue weighted by molar-refractivity contribution is 5.78. The summed E-state index contributed by atoms with van der Waals surface area (Å²) in [6.45, 7) is 2.87. The monoisotopic (exact) mass is 218 g/mol. The average molecular weight is 218 g/mol. The molecule has 1 aliphatic rings. The number of carbonyl (C=O) groups is 1. The van der Waals surface area contributed by atoms with E-state index in [1.54, 1.807) is 0 Å². The molecule has 0 bridgehead atoms. The first-order valence-corrected chi connectivity index (χ1v) is 5.76. The molecule has 0 heterocycles. The van der Waals surface area contributed by atoms with Gasteiger partial charge in [-0.3, -0.25) is 4.79 Å². The van der Waals surface area contributed by atoms with E-state index < -0.39 is 0 Å². The Labute approximate surface area is 96.2 Å². The normalized spacial score (nSPS) is 14.9. The molecule has 0 unspecified atom stereocenters. The molecule has 3 heteroatoms. The molecule has 2 rings (SSSR count). The number of hydrogen-bond acceptors (Lipinski definition) is 2. The summed E-state index contributed by atoms with van der Waals surface area (Å²) in [7, 11) is 0. The minimum absolute atomic E-state index is 0.0584. The molecule has 1 aromatic rings. The number of nitrogens with two attached hydrogens (primary N) is 1. The number of aryl methyl sites for hydroxylation is 1.